The van der Waals surface area contributed by atoms with E-state index in [4.69, 9.17) is 4.74 Å². The molecule has 0 radical (unpaired) electrons. The fourth-order valence-electron chi connectivity index (χ4n) is 2.97. The number of ether oxygens (including phenoxy) is 1. The minimum absolute atomic E-state index is 0.0250. The lowest BCUT2D eigenvalue weighted by Gasteiger charge is -2.33. The SMILES string of the molecule is C[C@@H]1COCCN1C(=O)NCC(=O)N1CCc2ccccc21. The summed E-state index contributed by atoms with van der Waals surface area (Å²) in [7, 11) is 0. The largest absolute Gasteiger partial charge is 0.377 e. The van der Waals surface area contributed by atoms with E-state index in [0.717, 1.165) is 12.1 Å². The zero-order valence-electron chi connectivity index (χ0n) is 12.7. The molecular weight excluding hydrogens is 282 g/mol. The number of carbonyl (C=O) groups excluding carboxylic acids is 2. The third kappa shape index (κ3) is 2.92. The first-order valence-electron chi connectivity index (χ1n) is 7.67. The number of fused-ring (bicyclic) bond motifs is 1. The number of anilines is 1. The number of hydrogen-bond donors (Lipinski definition) is 1. The van der Waals surface area contributed by atoms with Crippen LogP contribution in [-0.4, -0.2) is 55.7 Å². The van der Waals surface area contributed by atoms with Crippen molar-refractivity contribution in [3.63, 3.8) is 0 Å². The molecule has 1 atom stereocenters. The van der Waals surface area contributed by atoms with Gasteiger partial charge in [-0.15, -0.1) is 0 Å². The van der Waals surface area contributed by atoms with Crippen LogP contribution in [0, 0.1) is 0 Å². The Kier molecular flexibility index (Phi) is 4.29. The summed E-state index contributed by atoms with van der Waals surface area (Å²) in [6.45, 7) is 4.30. The van der Waals surface area contributed by atoms with Crippen molar-refractivity contribution < 1.29 is 14.3 Å². The van der Waals surface area contributed by atoms with Gasteiger partial charge in [-0.25, -0.2) is 4.79 Å². The van der Waals surface area contributed by atoms with E-state index in [-0.39, 0.29) is 24.5 Å². The summed E-state index contributed by atoms with van der Waals surface area (Å²) in [5.74, 6) is -0.0702. The second-order valence-electron chi connectivity index (χ2n) is 5.70. The number of amides is 3. The molecule has 6 nitrogen and oxygen atoms in total. The molecule has 1 saturated heterocycles. The molecule has 0 aromatic heterocycles. The molecule has 3 amide bonds. The van der Waals surface area contributed by atoms with E-state index < -0.39 is 0 Å². The fourth-order valence-corrected chi connectivity index (χ4v) is 2.97. The topological polar surface area (TPSA) is 61.9 Å². The molecule has 0 unspecified atom stereocenters. The van der Waals surface area contributed by atoms with Gasteiger partial charge in [0.25, 0.3) is 0 Å². The molecule has 2 aliphatic rings. The van der Waals surface area contributed by atoms with Crippen molar-refractivity contribution in [3.05, 3.63) is 29.8 Å². The molecule has 118 valence electrons. The summed E-state index contributed by atoms with van der Waals surface area (Å²) in [4.78, 5) is 28.0. The Labute approximate surface area is 130 Å². The number of nitrogens with zero attached hydrogens (tertiary/aromatic N) is 2. The molecule has 6 heteroatoms. The van der Waals surface area contributed by atoms with Gasteiger partial charge in [0.2, 0.25) is 5.91 Å². The van der Waals surface area contributed by atoms with Crippen LogP contribution in [0.15, 0.2) is 24.3 Å². The highest BCUT2D eigenvalue weighted by atomic mass is 16.5. The van der Waals surface area contributed by atoms with Gasteiger partial charge in [0.05, 0.1) is 25.8 Å². The smallest absolute Gasteiger partial charge is 0.318 e. The minimum atomic E-state index is -0.198. The Morgan fingerprint density at radius 1 is 1.32 bits per heavy atom. The van der Waals surface area contributed by atoms with Gasteiger partial charge in [0.1, 0.15) is 0 Å². The van der Waals surface area contributed by atoms with Crippen LogP contribution in [0.2, 0.25) is 0 Å². The van der Waals surface area contributed by atoms with Gasteiger partial charge < -0.3 is 19.9 Å². The standard InChI is InChI=1S/C16H21N3O3/c1-12-11-22-9-8-18(12)16(21)17-10-15(20)19-7-6-13-4-2-3-5-14(13)19/h2-5,12H,6-11H2,1H3,(H,17,21)/t12-/m1/s1. The van der Waals surface area contributed by atoms with E-state index in [2.05, 4.69) is 5.32 Å². The highest BCUT2D eigenvalue weighted by molar-refractivity contribution is 5.98. The zero-order valence-corrected chi connectivity index (χ0v) is 12.7. The number of hydrogen-bond acceptors (Lipinski definition) is 3. The van der Waals surface area contributed by atoms with Gasteiger partial charge in [-0.2, -0.15) is 0 Å². The van der Waals surface area contributed by atoms with Crippen molar-refractivity contribution in [2.75, 3.05) is 37.7 Å². The third-order valence-electron chi connectivity index (χ3n) is 4.21. The molecule has 0 aliphatic carbocycles. The van der Waals surface area contributed by atoms with Crippen LogP contribution in [0.3, 0.4) is 0 Å². The predicted molar refractivity (Wildman–Crippen MR) is 82.9 cm³/mol. The molecule has 0 spiro atoms. The van der Waals surface area contributed by atoms with Crippen LogP contribution in [-0.2, 0) is 16.0 Å². The lowest BCUT2D eigenvalue weighted by Crippen LogP contribution is -2.52. The average Bonchev–Trinajstić information content (AvgIpc) is 2.97. The zero-order chi connectivity index (χ0) is 15.5. The number of urea groups is 1. The minimum Gasteiger partial charge on any atom is -0.377 e. The molecule has 1 fully saturated rings. The quantitative estimate of drug-likeness (QED) is 0.887. The lowest BCUT2D eigenvalue weighted by molar-refractivity contribution is -0.117. The van der Waals surface area contributed by atoms with Gasteiger partial charge in [0, 0.05) is 18.8 Å². The van der Waals surface area contributed by atoms with Crippen LogP contribution in [0.1, 0.15) is 12.5 Å². The van der Waals surface area contributed by atoms with Crippen LogP contribution in [0.5, 0.6) is 0 Å². The molecule has 1 aromatic rings. The Bertz CT molecular complexity index is 576. The number of rotatable bonds is 2. The fraction of sp³-hybridized carbons (Fsp3) is 0.500. The maximum atomic E-state index is 12.3. The van der Waals surface area contributed by atoms with E-state index in [1.54, 1.807) is 9.80 Å². The van der Waals surface area contributed by atoms with Gasteiger partial charge in [-0.05, 0) is 25.0 Å². The summed E-state index contributed by atoms with van der Waals surface area (Å²) in [6.07, 6.45) is 0.871. The van der Waals surface area contributed by atoms with E-state index in [9.17, 15) is 9.59 Å². The molecule has 2 aliphatic heterocycles. The number of morpholine rings is 1. The monoisotopic (exact) mass is 303 g/mol. The molecule has 1 aromatic carbocycles. The van der Waals surface area contributed by atoms with Crippen molar-refractivity contribution in [3.8, 4) is 0 Å². The van der Waals surface area contributed by atoms with Crippen LogP contribution >= 0.6 is 0 Å². The van der Waals surface area contributed by atoms with Crippen LogP contribution in [0.25, 0.3) is 0 Å². The molecule has 0 saturated carbocycles. The normalized spacial score (nSPS) is 20.7. The van der Waals surface area contributed by atoms with Gasteiger partial charge >= 0.3 is 6.03 Å². The number of nitrogens with one attached hydrogen (secondary N) is 1. The number of benzene rings is 1. The van der Waals surface area contributed by atoms with Crippen LogP contribution in [0.4, 0.5) is 10.5 Å². The Hall–Kier alpha value is -2.08. The third-order valence-corrected chi connectivity index (χ3v) is 4.21. The van der Waals surface area contributed by atoms with Crippen molar-refractivity contribution in [2.24, 2.45) is 0 Å². The lowest BCUT2D eigenvalue weighted by atomic mass is 10.2. The van der Waals surface area contributed by atoms with Crippen LogP contribution < -0.4 is 10.2 Å². The maximum absolute atomic E-state index is 12.3. The molecule has 3 rings (SSSR count). The highest BCUT2D eigenvalue weighted by Crippen LogP contribution is 2.27. The highest BCUT2D eigenvalue weighted by Gasteiger charge is 2.27. The van der Waals surface area contributed by atoms with Gasteiger partial charge in [0.15, 0.2) is 0 Å². The number of para-hydroxylation sites is 1. The average molecular weight is 303 g/mol. The number of carbonyl (C=O) groups is 2. The first kappa shape index (κ1) is 14.8. The summed E-state index contributed by atoms with van der Waals surface area (Å²) in [5.41, 5.74) is 2.14. The van der Waals surface area contributed by atoms with Crippen molar-refractivity contribution >= 4 is 17.6 Å². The van der Waals surface area contributed by atoms with E-state index in [1.165, 1.54) is 5.56 Å². The van der Waals surface area contributed by atoms with Gasteiger partial charge in [-0.3, -0.25) is 4.79 Å². The van der Waals surface area contributed by atoms with Gasteiger partial charge in [-0.1, -0.05) is 18.2 Å². The Balaban J connectivity index is 1.56. The van der Waals surface area contributed by atoms with E-state index in [0.29, 0.717) is 26.3 Å². The van der Waals surface area contributed by atoms with Crippen molar-refractivity contribution in [1.29, 1.82) is 0 Å². The first-order chi connectivity index (χ1) is 10.7. The maximum Gasteiger partial charge on any atom is 0.318 e. The Morgan fingerprint density at radius 3 is 2.95 bits per heavy atom. The summed E-state index contributed by atoms with van der Waals surface area (Å²) >= 11 is 0. The Morgan fingerprint density at radius 2 is 2.14 bits per heavy atom. The van der Waals surface area contributed by atoms with E-state index >= 15 is 0 Å². The summed E-state index contributed by atoms with van der Waals surface area (Å²) in [5, 5.41) is 2.73. The second kappa shape index (κ2) is 6.36. The molecule has 2 heterocycles. The van der Waals surface area contributed by atoms with Crippen molar-refractivity contribution in [1.82, 2.24) is 10.2 Å². The predicted octanol–water partition coefficient (Wildman–Crippen LogP) is 1.01. The second-order valence-corrected chi connectivity index (χ2v) is 5.70. The molecular formula is C16H21N3O3. The molecule has 0 bridgehead atoms. The van der Waals surface area contributed by atoms with Crippen molar-refractivity contribution in [2.45, 2.75) is 19.4 Å². The first-order valence-corrected chi connectivity index (χ1v) is 7.67. The molecule has 1 N–H and O–H groups in total. The summed E-state index contributed by atoms with van der Waals surface area (Å²) < 4.78 is 5.31. The van der Waals surface area contributed by atoms with E-state index in [1.807, 2.05) is 31.2 Å². The molecule has 22 heavy (non-hydrogen) atoms. The summed E-state index contributed by atoms with van der Waals surface area (Å²) in [6, 6.07) is 7.74.